The van der Waals surface area contributed by atoms with Gasteiger partial charge in [0, 0.05) is 11.4 Å². The first-order valence-electron chi connectivity index (χ1n) is 6.75. The summed E-state index contributed by atoms with van der Waals surface area (Å²) in [6.45, 7) is 4.17. The summed E-state index contributed by atoms with van der Waals surface area (Å²) in [5.74, 6) is 0.906. The molecule has 3 heteroatoms. The van der Waals surface area contributed by atoms with Crippen LogP contribution in [0.5, 0.6) is 0 Å². The fraction of sp³-hybridized carbons (Fsp3) is 0.176. The molecule has 0 amide bonds. The van der Waals surface area contributed by atoms with Gasteiger partial charge in [-0.15, -0.1) is 0 Å². The Morgan fingerprint density at radius 2 is 1.60 bits per heavy atom. The van der Waals surface area contributed by atoms with Gasteiger partial charge in [-0.3, -0.25) is 4.68 Å². The quantitative estimate of drug-likeness (QED) is 0.772. The van der Waals surface area contributed by atoms with E-state index >= 15 is 0 Å². The van der Waals surface area contributed by atoms with Gasteiger partial charge in [-0.05, 0) is 43.7 Å². The number of hydrogen-bond acceptors (Lipinski definition) is 2. The maximum atomic E-state index is 5.60. The fourth-order valence-corrected chi connectivity index (χ4v) is 2.40. The van der Waals surface area contributed by atoms with Crippen molar-refractivity contribution in [2.24, 2.45) is 0 Å². The molecule has 0 aliphatic rings. The van der Waals surface area contributed by atoms with Gasteiger partial charge in [0.05, 0.1) is 6.26 Å². The predicted octanol–water partition coefficient (Wildman–Crippen LogP) is 4.03. The molecule has 0 fully saturated rings. The minimum absolute atomic E-state index is 0.00370. The highest BCUT2D eigenvalue weighted by molar-refractivity contribution is 5.30. The lowest BCUT2D eigenvalue weighted by Gasteiger charge is -2.21. The average Bonchev–Trinajstić information content (AvgIpc) is 3.09. The lowest BCUT2D eigenvalue weighted by atomic mass is 10.1. The van der Waals surface area contributed by atoms with E-state index in [0.29, 0.717) is 0 Å². The average molecular weight is 266 g/mol. The number of benzene rings is 1. The third-order valence-corrected chi connectivity index (χ3v) is 3.49. The zero-order valence-electron chi connectivity index (χ0n) is 11.7. The van der Waals surface area contributed by atoms with Crippen molar-refractivity contribution in [2.45, 2.75) is 19.9 Å². The molecule has 0 saturated heterocycles. The van der Waals surface area contributed by atoms with Crippen LogP contribution in [0.15, 0.2) is 65.3 Å². The van der Waals surface area contributed by atoms with Crippen LogP contribution >= 0.6 is 0 Å². The van der Waals surface area contributed by atoms with E-state index in [-0.39, 0.29) is 6.04 Å². The normalized spacial score (nSPS) is 12.3. The van der Waals surface area contributed by atoms with Gasteiger partial charge in [0.25, 0.3) is 0 Å². The number of aryl methyl sites for hydroxylation is 2. The van der Waals surface area contributed by atoms with Gasteiger partial charge >= 0.3 is 0 Å². The number of rotatable bonds is 4. The third-order valence-electron chi connectivity index (χ3n) is 3.49. The van der Waals surface area contributed by atoms with Gasteiger partial charge in [-0.2, -0.15) is 0 Å². The lowest BCUT2D eigenvalue weighted by molar-refractivity contribution is 0.485. The van der Waals surface area contributed by atoms with E-state index in [2.05, 4.69) is 48.2 Å². The Morgan fingerprint density at radius 1 is 0.900 bits per heavy atom. The zero-order valence-corrected chi connectivity index (χ0v) is 11.7. The van der Waals surface area contributed by atoms with Gasteiger partial charge < -0.3 is 9.84 Å². The van der Waals surface area contributed by atoms with E-state index < -0.39 is 0 Å². The Hall–Kier alpha value is -2.42. The van der Waals surface area contributed by atoms with Crippen LogP contribution in [0.25, 0.3) is 0 Å². The minimum atomic E-state index is -0.00370. The van der Waals surface area contributed by atoms with Gasteiger partial charge in [-0.25, -0.2) is 0 Å². The molecule has 20 heavy (non-hydrogen) atoms. The van der Waals surface area contributed by atoms with Crippen LogP contribution in [0, 0.1) is 13.8 Å². The van der Waals surface area contributed by atoms with E-state index in [1.807, 2.05) is 30.3 Å². The van der Waals surface area contributed by atoms with Crippen LogP contribution in [0.1, 0.15) is 28.8 Å². The highest BCUT2D eigenvalue weighted by atomic mass is 16.3. The molecule has 2 aromatic heterocycles. The second kappa shape index (κ2) is 5.29. The zero-order chi connectivity index (χ0) is 13.9. The molecule has 0 aliphatic carbocycles. The lowest BCUT2D eigenvalue weighted by Crippen LogP contribution is -2.23. The maximum absolute atomic E-state index is 5.60. The molecule has 3 aromatic rings. The molecule has 0 spiro atoms. The molecular weight excluding hydrogens is 248 g/mol. The van der Waals surface area contributed by atoms with Gasteiger partial charge in [0.1, 0.15) is 11.8 Å². The molecule has 1 atom stereocenters. The smallest absolute Gasteiger partial charge is 0.132 e. The molecule has 0 aliphatic heterocycles. The van der Waals surface area contributed by atoms with E-state index in [9.17, 15) is 0 Å². The third kappa shape index (κ3) is 2.35. The maximum Gasteiger partial charge on any atom is 0.132 e. The van der Waals surface area contributed by atoms with Crippen molar-refractivity contribution in [1.29, 1.82) is 0 Å². The molecule has 1 unspecified atom stereocenters. The summed E-state index contributed by atoms with van der Waals surface area (Å²) >= 11 is 0. The van der Waals surface area contributed by atoms with Crippen LogP contribution in [-0.2, 0) is 0 Å². The standard InChI is InChI=1S/C17H18N2O/c1-13-10-11-14(2)19(13)18-17(16-9-6-12-20-16)15-7-4-3-5-8-15/h3-12,17-18H,1-2H3. The second-order valence-electron chi connectivity index (χ2n) is 4.94. The van der Waals surface area contributed by atoms with Crippen molar-refractivity contribution in [3.05, 3.63) is 83.6 Å². The van der Waals surface area contributed by atoms with Crippen molar-refractivity contribution >= 4 is 0 Å². The van der Waals surface area contributed by atoms with Crippen LogP contribution < -0.4 is 5.43 Å². The summed E-state index contributed by atoms with van der Waals surface area (Å²) in [5.41, 5.74) is 7.06. The topological polar surface area (TPSA) is 30.1 Å². The molecule has 1 aromatic carbocycles. The van der Waals surface area contributed by atoms with E-state index in [1.54, 1.807) is 6.26 Å². The summed E-state index contributed by atoms with van der Waals surface area (Å²) in [7, 11) is 0. The minimum Gasteiger partial charge on any atom is -0.467 e. The van der Waals surface area contributed by atoms with Crippen LogP contribution in [0.4, 0.5) is 0 Å². The largest absolute Gasteiger partial charge is 0.467 e. The van der Waals surface area contributed by atoms with E-state index in [1.165, 1.54) is 17.0 Å². The number of nitrogens with zero attached hydrogens (tertiary/aromatic N) is 1. The Labute approximate surface area is 118 Å². The van der Waals surface area contributed by atoms with Crippen LogP contribution in [0.3, 0.4) is 0 Å². The second-order valence-corrected chi connectivity index (χ2v) is 4.94. The Morgan fingerprint density at radius 3 is 2.20 bits per heavy atom. The number of furan rings is 1. The number of nitrogens with one attached hydrogen (secondary N) is 1. The first kappa shape index (κ1) is 12.6. The summed E-state index contributed by atoms with van der Waals surface area (Å²) in [6.07, 6.45) is 1.71. The Kier molecular flexibility index (Phi) is 3.33. The fourth-order valence-electron chi connectivity index (χ4n) is 2.40. The molecule has 3 rings (SSSR count). The van der Waals surface area contributed by atoms with Crippen LogP contribution in [-0.4, -0.2) is 4.68 Å². The van der Waals surface area contributed by atoms with Crippen molar-refractivity contribution in [2.75, 3.05) is 5.43 Å². The van der Waals surface area contributed by atoms with Crippen molar-refractivity contribution in [3.63, 3.8) is 0 Å². The van der Waals surface area contributed by atoms with Gasteiger partial charge in [-0.1, -0.05) is 30.3 Å². The molecule has 0 saturated carbocycles. The van der Waals surface area contributed by atoms with Crippen LogP contribution in [0.2, 0.25) is 0 Å². The van der Waals surface area contributed by atoms with E-state index in [0.717, 1.165) is 5.76 Å². The molecule has 0 bridgehead atoms. The summed E-state index contributed by atoms with van der Waals surface area (Å²) in [6, 6.07) is 18.4. The SMILES string of the molecule is Cc1ccc(C)n1NC(c1ccccc1)c1ccco1. The Bertz CT molecular complexity index is 649. The molecule has 2 heterocycles. The Balaban J connectivity index is 1.99. The highest BCUT2D eigenvalue weighted by Gasteiger charge is 2.17. The summed E-state index contributed by atoms with van der Waals surface area (Å²) < 4.78 is 7.70. The molecular formula is C17H18N2O. The highest BCUT2D eigenvalue weighted by Crippen LogP contribution is 2.24. The van der Waals surface area contributed by atoms with Crippen molar-refractivity contribution in [1.82, 2.24) is 4.68 Å². The molecule has 1 N–H and O–H groups in total. The number of aromatic nitrogens is 1. The van der Waals surface area contributed by atoms with E-state index in [4.69, 9.17) is 4.42 Å². The first-order chi connectivity index (χ1) is 9.75. The van der Waals surface area contributed by atoms with Gasteiger partial charge in [0.2, 0.25) is 0 Å². The van der Waals surface area contributed by atoms with Crippen molar-refractivity contribution < 1.29 is 4.42 Å². The molecule has 102 valence electrons. The predicted molar refractivity (Wildman–Crippen MR) is 80.3 cm³/mol. The van der Waals surface area contributed by atoms with Crippen molar-refractivity contribution in [3.8, 4) is 0 Å². The van der Waals surface area contributed by atoms with Gasteiger partial charge in [0.15, 0.2) is 0 Å². The first-order valence-corrected chi connectivity index (χ1v) is 6.75. The molecule has 3 nitrogen and oxygen atoms in total. The molecule has 0 radical (unpaired) electrons. The monoisotopic (exact) mass is 266 g/mol. The number of hydrogen-bond donors (Lipinski definition) is 1. The summed E-state index contributed by atoms with van der Waals surface area (Å²) in [4.78, 5) is 0. The summed E-state index contributed by atoms with van der Waals surface area (Å²) in [5, 5.41) is 0.